The number of rotatable bonds is 3. The van der Waals surface area contributed by atoms with Crippen LogP contribution in [-0.2, 0) is 25.8 Å². The Bertz CT molecular complexity index is 1440. The molecule has 3 aromatic rings. The fourth-order valence-electron chi connectivity index (χ4n) is 6.69. The van der Waals surface area contributed by atoms with Crippen molar-refractivity contribution in [3.8, 4) is 16.9 Å². The Morgan fingerprint density at radius 3 is 2.76 bits per heavy atom. The first-order chi connectivity index (χ1) is 18.4. The molecule has 196 valence electrons. The van der Waals surface area contributed by atoms with Crippen molar-refractivity contribution < 1.29 is 4.74 Å². The first-order valence-electron chi connectivity index (χ1n) is 14.4. The number of aryl methyl sites for hydroxylation is 1. The van der Waals surface area contributed by atoms with Crippen LogP contribution in [0.3, 0.4) is 0 Å². The van der Waals surface area contributed by atoms with Gasteiger partial charge in [-0.05, 0) is 68.2 Å². The molecule has 2 aliphatic carbocycles. The van der Waals surface area contributed by atoms with Gasteiger partial charge in [0.05, 0.1) is 17.9 Å². The number of nitrogens with zero attached hydrogens (tertiary/aromatic N) is 5. The molecule has 0 saturated heterocycles. The summed E-state index contributed by atoms with van der Waals surface area (Å²) >= 11 is 0. The predicted octanol–water partition coefficient (Wildman–Crippen LogP) is 6.76. The third kappa shape index (κ3) is 4.38. The van der Waals surface area contributed by atoms with E-state index in [-0.39, 0.29) is 5.41 Å². The fraction of sp³-hybridized carbons (Fsp3) is 0.500. The third-order valence-corrected chi connectivity index (χ3v) is 8.86. The third-order valence-electron chi connectivity index (χ3n) is 8.86. The van der Waals surface area contributed by atoms with Gasteiger partial charge < -0.3 is 9.64 Å². The Balaban J connectivity index is 1.26. The number of benzene rings is 1. The first kappa shape index (κ1) is 23.8. The fourth-order valence-corrected chi connectivity index (χ4v) is 6.69. The normalized spacial score (nSPS) is 20.3. The molecule has 0 unspecified atom stereocenters. The van der Waals surface area contributed by atoms with E-state index in [9.17, 15) is 0 Å². The van der Waals surface area contributed by atoms with Crippen molar-refractivity contribution in [2.75, 3.05) is 18.1 Å². The molecule has 6 nitrogen and oxygen atoms in total. The minimum absolute atomic E-state index is 0.273. The highest BCUT2D eigenvalue weighted by Crippen LogP contribution is 2.41. The van der Waals surface area contributed by atoms with Gasteiger partial charge in [-0.3, -0.25) is 9.98 Å². The van der Waals surface area contributed by atoms with E-state index in [1.54, 1.807) is 0 Å². The second-order valence-corrected chi connectivity index (χ2v) is 12.5. The first-order valence-corrected chi connectivity index (χ1v) is 14.4. The Labute approximate surface area is 225 Å². The minimum Gasteiger partial charge on any atom is -0.491 e. The summed E-state index contributed by atoms with van der Waals surface area (Å²) in [5.74, 6) is 3.71. The highest BCUT2D eigenvalue weighted by Gasteiger charge is 2.33. The van der Waals surface area contributed by atoms with Crippen LogP contribution in [0.5, 0.6) is 5.75 Å². The lowest BCUT2D eigenvalue weighted by Gasteiger charge is -2.34. The van der Waals surface area contributed by atoms with Gasteiger partial charge in [0, 0.05) is 53.2 Å². The molecule has 2 aliphatic heterocycles. The van der Waals surface area contributed by atoms with E-state index in [1.165, 1.54) is 48.9 Å². The number of anilines is 1. The molecule has 1 saturated carbocycles. The molecule has 4 aliphatic rings. The van der Waals surface area contributed by atoms with Gasteiger partial charge in [0.25, 0.3) is 0 Å². The van der Waals surface area contributed by atoms with Crippen LogP contribution in [0.15, 0.2) is 35.5 Å². The molecule has 0 bridgehead atoms. The van der Waals surface area contributed by atoms with E-state index in [0.717, 1.165) is 78.0 Å². The lowest BCUT2D eigenvalue weighted by Crippen LogP contribution is -2.32. The lowest BCUT2D eigenvalue weighted by atomic mass is 9.76. The molecule has 0 spiro atoms. The standard InChI is InChI=1S/C32H37N5O/c1-20-14-27-28(34-20)16-23(18-33-27)22-8-9-29-24(15-22)19-37(12-13-38-29)31-25-17-32(2,3)11-10-26(25)35-30(36-31)21-6-4-5-7-21/h8-9,15-16,18,21H,4-7,10-14,17,19H2,1-3H3. The molecule has 2 aromatic heterocycles. The smallest absolute Gasteiger partial charge is 0.136 e. The largest absolute Gasteiger partial charge is 0.491 e. The number of hydrogen-bond donors (Lipinski definition) is 0. The molecule has 0 amide bonds. The molecule has 7 rings (SSSR count). The van der Waals surface area contributed by atoms with Gasteiger partial charge in [0.2, 0.25) is 0 Å². The SMILES string of the molecule is CC1=Nc2cc(-c3ccc4c(c3)CN(c3nc(C5CCCC5)nc5c3CC(C)(C)CC5)CCO4)cnc2C1. The Morgan fingerprint density at radius 2 is 1.89 bits per heavy atom. The zero-order valence-corrected chi connectivity index (χ0v) is 22.9. The van der Waals surface area contributed by atoms with Crippen LogP contribution in [0.4, 0.5) is 11.5 Å². The quantitative estimate of drug-likeness (QED) is 0.392. The van der Waals surface area contributed by atoms with Crippen LogP contribution >= 0.6 is 0 Å². The molecule has 0 N–H and O–H groups in total. The zero-order valence-electron chi connectivity index (χ0n) is 22.9. The molecule has 0 radical (unpaired) electrons. The lowest BCUT2D eigenvalue weighted by molar-refractivity contribution is 0.310. The van der Waals surface area contributed by atoms with Gasteiger partial charge in [-0.1, -0.05) is 32.8 Å². The van der Waals surface area contributed by atoms with Gasteiger partial charge in [-0.2, -0.15) is 0 Å². The van der Waals surface area contributed by atoms with Gasteiger partial charge in [-0.15, -0.1) is 0 Å². The Morgan fingerprint density at radius 1 is 1.03 bits per heavy atom. The van der Waals surface area contributed by atoms with Gasteiger partial charge in [0.15, 0.2) is 0 Å². The molecule has 1 fully saturated rings. The second-order valence-electron chi connectivity index (χ2n) is 12.5. The van der Waals surface area contributed by atoms with Crippen molar-refractivity contribution in [2.24, 2.45) is 10.4 Å². The summed E-state index contributed by atoms with van der Waals surface area (Å²) < 4.78 is 6.27. The molecule has 1 aromatic carbocycles. The van der Waals surface area contributed by atoms with Crippen molar-refractivity contribution in [1.82, 2.24) is 15.0 Å². The topological polar surface area (TPSA) is 63.5 Å². The second kappa shape index (κ2) is 9.18. The molecule has 4 heterocycles. The summed E-state index contributed by atoms with van der Waals surface area (Å²) in [5, 5.41) is 0. The van der Waals surface area contributed by atoms with E-state index in [2.05, 4.69) is 49.9 Å². The average Bonchev–Trinajstić information content (AvgIpc) is 3.51. The van der Waals surface area contributed by atoms with Crippen LogP contribution in [-0.4, -0.2) is 33.8 Å². The Kier molecular flexibility index (Phi) is 5.75. The average molecular weight is 508 g/mol. The minimum atomic E-state index is 0.273. The molecule has 0 atom stereocenters. The molecule has 6 heteroatoms. The molecule has 38 heavy (non-hydrogen) atoms. The van der Waals surface area contributed by atoms with Crippen LogP contribution in [0.1, 0.15) is 87.1 Å². The van der Waals surface area contributed by atoms with Gasteiger partial charge in [-0.25, -0.2) is 9.97 Å². The van der Waals surface area contributed by atoms with Crippen molar-refractivity contribution in [3.63, 3.8) is 0 Å². The summed E-state index contributed by atoms with van der Waals surface area (Å²) in [6.07, 6.45) is 11.1. The van der Waals surface area contributed by atoms with E-state index in [4.69, 9.17) is 24.7 Å². The molecular weight excluding hydrogens is 470 g/mol. The van der Waals surface area contributed by atoms with E-state index >= 15 is 0 Å². The van der Waals surface area contributed by atoms with Crippen molar-refractivity contribution in [2.45, 2.75) is 84.6 Å². The maximum atomic E-state index is 6.27. The van der Waals surface area contributed by atoms with Crippen LogP contribution < -0.4 is 9.64 Å². The number of ether oxygens (including phenoxy) is 1. The van der Waals surface area contributed by atoms with Crippen molar-refractivity contribution in [3.05, 3.63) is 58.8 Å². The van der Waals surface area contributed by atoms with Crippen LogP contribution in [0, 0.1) is 5.41 Å². The highest BCUT2D eigenvalue weighted by atomic mass is 16.5. The number of pyridine rings is 1. The summed E-state index contributed by atoms with van der Waals surface area (Å²) in [6.45, 7) is 9.10. The van der Waals surface area contributed by atoms with E-state index < -0.39 is 0 Å². The Hall–Kier alpha value is -3.28. The number of aliphatic imine (C=N–C) groups is 1. The van der Waals surface area contributed by atoms with Gasteiger partial charge >= 0.3 is 0 Å². The van der Waals surface area contributed by atoms with Crippen LogP contribution in [0.2, 0.25) is 0 Å². The number of fused-ring (bicyclic) bond motifs is 3. The van der Waals surface area contributed by atoms with Crippen LogP contribution in [0.25, 0.3) is 11.1 Å². The van der Waals surface area contributed by atoms with Gasteiger partial charge in [0.1, 0.15) is 24.0 Å². The summed E-state index contributed by atoms with van der Waals surface area (Å²) in [5.41, 5.74) is 9.58. The monoisotopic (exact) mass is 507 g/mol. The van der Waals surface area contributed by atoms with Crippen molar-refractivity contribution >= 4 is 17.2 Å². The zero-order chi connectivity index (χ0) is 25.9. The predicted molar refractivity (Wildman–Crippen MR) is 152 cm³/mol. The summed E-state index contributed by atoms with van der Waals surface area (Å²) in [6, 6.07) is 8.72. The van der Waals surface area contributed by atoms with E-state index in [1.807, 2.05) is 6.20 Å². The molecular formula is C32H37N5O. The number of aromatic nitrogens is 3. The maximum absolute atomic E-state index is 6.27. The summed E-state index contributed by atoms with van der Waals surface area (Å²) in [7, 11) is 0. The highest BCUT2D eigenvalue weighted by molar-refractivity contribution is 5.92. The summed E-state index contributed by atoms with van der Waals surface area (Å²) in [4.78, 5) is 22.4. The van der Waals surface area contributed by atoms with Crippen molar-refractivity contribution in [1.29, 1.82) is 0 Å². The van der Waals surface area contributed by atoms with E-state index in [0.29, 0.717) is 12.5 Å². The number of hydrogen-bond acceptors (Lipinski definition) is 6. The maximum Gasteiger partial charge on any atom is 0.136 e.